The molecule has 0 heterocycles. The summed E-state index contributed by atoms with van der Waals surface area (Å²) in [6, 6.07) is 0. The molecule has 0 radical (unpaired) electrons. The quantitative estimate of drug-likeness (QED) is 0.159. The van der Waals surface area contributed by atoms with Crippen LogP contribution < -0.4 is 20.9 Å². The van der Waals surface area contributed by atoms with Gasteiger partial charge in [-0.05, 0) is 136 Å². The number of rotatable bonds is 11. The number of carbonyl (C=O) groups excluding carboxylic acids is 5. The molecule has 2 aromatic rings. The summed E-state index contributed by atoms with van der Waals surface area (Å²) in [4.78, 5) is 77.8. The smallest absolute Gasteiger partial charge is 0.337 e. The molecule has 0 atom stereocenters. The van der Waals surface area contributed by atoms with E-state index in [4.69, 9.17) is 5.11 Å². The van der Waals surface area contributed by atoms with Crippen LogP contribution in [0.4, 0.5) is 11.4 Å². The zero-order valence-corrected chi connectivity index (χ0v) is 35.3. The largest absolute Gasteiger partial charge is 0.478 e. The molecule has 0 saturated heterocycles. The molecular weight excluding hydrogens is 1250 g/mol. The molecule has 232 valence electrons. The van der Waals surface area contributed by atoms with Crippen LogP contribution in [0.2, 0.25) is 0 Å². The summed E-state index contributed by atoms with van der Waals surface area (Å²) in [7, 11) is 1.54. The number of carbonyl (C=O) groups is 6. The lowest BCUT2D eigenvalue weighted by molar-refractivity contribution is -0.116. The van der Waals surface area contributed by atoms with Crippen molar-refractivity contribution in [2.75, 3.05) is 37.0 Å². The fraction of sp³-hybridized carbons (Fsp3) is 0.280. The predicted octanol–water partition coefficient (Wildman–Crippen LogP) is 4.68. The highest BCUT2D eigenvalue weighted by Crippen LogP contribution is 2.38. The Morgan fingerprint density at radius 1 is 0.744 bits per heavy atom. The average Bonchev–Trinajstić information content (AvgIpc) is 2.92. The number of nitrogens with zero attached hydrogens (tertiary/aromatic N) is 1. The third kappa shape index (κ3) is 8.79. The number of carboxylic acid groups (broad SMARTS) is 1. The minimum atomic E-state index is -1.31. The molecule has 0 bridgehead atoms. The lowest BCUT2D eigenvalue weighted by atomic mass is 10.0. The number of carboxylic acids is 1. The molecule has 0 fully saturated rings. The van der Waals surface area contributed by atoms with Gasteiger partial charge in [-0.2, -0.15) is 0 Å². The number of hydrogen-bond acceptors (Lipinski definition) is 7. The maximum absolute atomic E-state index is 13.5. The van der Waals surface area contributed by atoms with E-state index in [0.29, 0.717) is 22.0 Å². The topological polar surface area (TPSA) is 182 Å². The van der Waals surface area contributed by atoms with Crippen LogP contribution in [-0.2, 0) is 9.59 Å². The van der Waals surface area contributed by atoms with Crippen molar-refractivity contribution >= 4 is 182 Å². The number of anilines is 2. The van der Waals surface area contributed by atoms with E-state index in [1.165, 1.54) is 18.9 Å². The van der Waals surface area contributed by atoms with Crippen molar-refractivity contribution in [1.82, 2.24) is 10.6 Å². The summed E-state index contributed by atoms with van der Waals surface area (Å²) in [6.07, 6.45) is 0.172. The van der Waals surface area contributed by atoms with Gasteiger partial charge in [0.2, 0.25) is 11.8 Å². The van der Waals surface area contributed by atoms with E-state index in [1.807, 2.05) is 90.4 Å². The lowest BCUT2D eigenvalue weighted by Gasteiger charge is -2.24. The number of nitrogens with one attached hydrogen (secondary N) is 3. The summed E-state index contributed by atoms with van der Waals surface area (Å²) >= 11 is 11.2. The van der Waals surface area contributed by atoms with Crippen LogP contribution in [0.3, 0.4) is 0 Å². The molecule has 0 unspecified atom stereocenters. The van der Waals surface area contributed by atoms with Gasteiger partial charge in [0.25, 0.3) is 11.8 Å². The van der Waals surface area contributed by atoms with Crippen LogP contribution in [0.15, 0.2) is 0 Å². The zero-order chi connectivity index (χ0) is 32.9. The fourth-order valence-corrected chi connectivity index (χ4v) is 12.9. The van der Waals surface area contributed by atoms with Gasteiger partial charge < -0.3 is 31.1 Å². The molecule has 4 amide bonds. The van der Waals surface area contributed by atoms with E-state index in [0.717, 1.165) is 0 Å². The summed E-state index contributed by atoms with van der Waals surface area (Å²) in [5, 5.41) is 26.5. The summed E-state index contributed by atoms with van der Waals surface area (Å²) in [6.45, 7) is 2.14. The molecule has 0 saturated carbocycles. The summed E-state index contributed by atoms with van der Waals surface area (Å²) in [5.41, 5.74) is 0.740. The van der Waals surface area contributed by atoms with E-state index < -0.39 is 30.2 Å². The molecule has 5 N–H and O–H groups in total. The minimum absolute atomic E-state index is 0.0186. The van der Waals surface area contributed by atoms with Crippen molar-refractivity contribution in [2.24, 2.45) is 0 Å². The second kappa shape index (κ2) is 17.1. The third-order valence-corrected chi connectivity index (χ3v) is 12.2. The Balaban J connectivity index is 2.50. The molecule has 0 aliphatic heterocycles. The van der Waals surface area contributed by atoms with Crippen LogP contribution in [-0.4, -0.2) is 72.3 Å². The Bertz CT molecular complexity index is 1550. The fourth-order valence-electron chi connectivity index (χ4n) is 3.58. The Morgan fingerprint density at radius 2 is 1.23 bits per heavy atom. The number of aromatic carboxylic acids is 1. The summed E-state index contributed by atoms with van der Waals surface area (Å²) in [5.74, 6) is -3.82. The lowest BCUT2D eigenvalue weighted by Crippen LogP contribution is -2.35. The highest BCUT2D eigenvalue weighted by molar-refractivity contribution is 14.1. The number of amides is 4. The van der Waals surface area contributed by atoms with E-state index >= 15 is 0 Å². The first-order valence-corrected chi connectivity index (χ1v) is 18.4. The van der Waals surface area contributed by atoms with Crippen molar-refractivity contribution in [3.8, 4) is 0 Å². The molecule has 2 aromatic carbocycles. The number of benzene rings is 2. The monoisotopic (exact) mass is 1270 g/mol. The number of ketones is 1. The van der Waals surface area contributed by atoms with Gasteiger partial charge in [0.1, 0.15) is 0 Å². The molecule has 12 nitrogen and oxygen atoms in total. The molecule has 0 aliphatic carbocycles. The van der Waals surface area contributed by atoms with Gasteiger partial charge in [-0.1, -0.05) is 6.92 Å². The number of hydrogen-bond donors (Lipinski definition) is 5. The average molecular weight is 1270 g/mol. The van der Waals surface area contributed by atoms with E-state index in [2.05, 4.69) is 16.0 Å². The predicted molar refractivity (Wildman–Crippen MR) is 210 cm³/mol. The van der Waals surface area contributed by atoms with Gasteiger partial charge in [-0.25, -0.2) is 4.79 Å². The van der Waals surface area contributed by atoms with Gasteiger partial charge in [0, 0.05) is 43.2 Å². The van der Waals surface area contributed by atoms with Crippen molar-refractivity contribution in [3.05, 3.63) is 43.7 Å². The Hall–Kier alpha value is -0.200. The number of aliphatic hydroxyl groups excluding tert-OH is 1. The Kier molecular flexibility index (Phi) is 15.5. The second-order valence-electron chi connectivity index (χ2n) is 8.48. The van der Waals surface area contributed by atoms with Crippen molar-refractivity contribution < 1.29 is 39.0 Å². The van der Waals surface area contributed by atoms with Crippen LogP contribution in [0, 0.1) is 21.4 Å². The van der Waals surface area contributed by atoms with Gasteiger partial charge in [-0.15, -0.1) is 0 Å². The van der Waals surface area contributed by atoms with Gasteiger partial charge in [0.15, 0.2) is 5.78 Å². The first-order chi connectivity index (χ1) is 20.0. The van der Waals surface area contributed by atoms with E-state index in [9.17, 15) is 33.9 Å². The van der Waals surface area contributed by atoms with Gasteiger partial charge in [0.05, 0.1) is 51.9 Å². The van der Waals surface area contributed by atoms with Crippen LogP contribution in [0.5, 0.6) is 0 Å². The van der Waals surface area contributed by atoms with E-state index in [-0.39, 0.29) is 64.4 Å². The molecule has 0 aliphatic rings. The Morgan fingerprint density at radius 3 is 1.74 bits per heavy atom. The van der Waals surface area contributed by atoms with Gasteiger partial charge in [-0.3, -0.25) is 24.0 Å². The minimum Gasteiger partial charge on any atom is -0.478 e. The highest BCUT2D eigenvalue weighted by atomic mass is 127. The molecule has 18 heteroatoms. The molecular formula is C25H22I6N4O8. The van der Waals surface area contributed by atoms with Crippen LogP contribution in [0.25, 0.3) is 0 Å². The van der Waals surface area contributed by atoms with Gasteiger partial charge >= 0.3 is 5.97 Å². The molecule has 0 spiro atoms. The van der Waals surface area contributed by atoms with Crippen molar-refractivity contribution in [1.29, 1.82) is 0 Å². The van der Waals surface area contributed by atoms with Crippen LogP contribution in [0.1, 0.15) is 61.7 Å². The maximum atomic E-state index is 13.5. The highest BCUT2D eigenvalue weighted by Gasteiger charge is 2.31. The van der Waals surface area contributed by atoms with Crippen LogP contribution >= 0.6 is 136 Å². The first-order valence-electron chi connectivity index (χ1n) is 11.9. The van der Waals surface area contributed by atoms with Crippen molar-refractivity contribution in [2.45, 2.75) is 20.3 Å². The first kappa shape index (κ1) is 39.0. The van der Waals surface area contributed by atoms with Crippen molar-refractivity contribution in [3.63, 3.8) is 0 Å². The Labute approximate surface area is 328 Å². The molecule has 0 aromatic heterocycles. The second-order valence-corrected chi connectivity index (χ2v) is 15.0. The maximum Gasteiger partial charge on any atom is 0.337 e. The zero-order valence-electron chi connectivity index (χ0n) is 22.4. The third-order valence-electron chi connectivity index (χ3n) is 5.76. The van der Waals surface area contributed by atoms with E-state index in [1.54, 1.807) is 52.1 Å². The standard InChI is InChI=1S/C25H22I6N4O8/c1-4-9(38)11-15(26)13(20(31)22(19(11)30)35(3)8(2)37)24(41)33-7-10(39)34-21-17(28)12(23(40)32-5-6-36)16(27)14(18(21)29)25(42)43/h36H,4-7H2,1-3H3,(H,32,40)(H,33,41)(H,34,39)(H,42,43). The number of Topliss-reactive ketones (excluding diaryl/α,β-unsaturated/α-hetero) is 1. The molecule has 43 heavy (non-hydrogen) atoms. The number of halogens is 6. The normalized spacial score (nSPS) is 10.7. The SMILES string of the molecule is CCC(=O)c1c(I)c(C(=O)NCC(=O)Nc2c(I)c(C(=O)O)c(I)c(C(=O)NCCO)c2I)c(I)c(N(C)C(C)=O)c1I. The summed E-state index contributed by atoms with van der Waals surface area (Å²) < 4.78 is 1.93. The number of aliphatic hydroxyl groups is 1. The molecule has 2 rings (SSSR count).